The molecule has 0 heterocycles. The zero-order valence-electron chi connectivity index (χ0n) is 8.66. The van der Waals surface area contributed by atoms with Crippen LogP contribution in [0.5, 0.6) is 0 Å². The molecule has 1 saturated carbocycles. The minimum absolute atomic E-state index is 0.556. The smallest absolute Gasteiger partial charge is 0.0992 e. The first-order chi connectivity index (χ1) is 7.29. The third-order valence-electron chi connectivity index (χ3n) is 2.90. The minimum Gasteiger partial charge on any atom is -0.397 e. The maximum absolute atomic E-state index is 8.71. The Bertz CT molecular complexity index is 386. The van der Waals surface area contributed by atoms with Crippen LogP contribution < -0.4 is 11.1 Å². The summed E-state index contributed by atoms with van der Waals surface area (Å²) in [6.07, 6.45) is 5.04. The summed E-state index contributed by atoms with van der Waals surface area (Å²) in [6.45, 7) is 0. The van der Waals surface area contributed by atoms with Crippen LogP contribution in [-0.2, 0) is 0 Å². The van der Waals surface area contributed by atoms with Crippen molar-refractivity contribution in [1.29, 1.82) is 5.26 Å². The third-order valence-corrected chi connectivity index (χ3v) is 2.90. The van der Waals surface area contributed by atoms with Crippen molar-refractivity contribution >= 4 is 11.4 Å². The fourth-order valence-corrected chi connectivity index (χ4v) is 2.05. The number of rotatable bonds is 2. The Morgan fingerprint density at radius 3 is 2.67 bits per heavy atom. The van der Waals surface area contributed by atoms with E-state index in [0.29, 0.717) is 17.3 Å². The van der Waals surface area contributed by atoms with Crippen LogP contribution in [0.4, 0.5) is 11.4 Å². The molecule has 15 heavy (non-hydrogen) atoms. The third kappa shape index (κ3) is 2.21. The first-order valence-corrected chi connectivity index (χ1v) is 5.36. The maximum Gasteiger partial charge on any atom is 0.0992 e. The van der Waals surface area contributed by atoms with Crippen LogP contribution in [0, 0.1) is 11.3 Å². The van der Waals surface area contributed by atoms with E-state index in [0.717, 1.165) is 5.69 Å². The monoisotopic (exact) mass is 201 g/mol. The van der Waals surface area contributed by atoms with E-state index >= 15 is 0 Å². The minimum atomic E-state index is 0.556. The van der Waals surface area contributed by atoms with Crippen LogP contribution in [0.3, 0.4) is 0 Å². The summed E-state index contributed by atoms with van der Waals surface area (Å²) in [5.41, 5.74) is 8.10. The lowest BCUT2D eigenvalue weighted by Gasteiger charge is -2.15. The number of hydrogen-bond donors (Lipinski definition) is 2. The second kappa shape index (κ2) is 4.22. The van der Waals surface area contributed by atoms with Crippen LogP contribution >= 0.6 is 0 Å². The molecule has 2 rings (SSSR count). The molecule has 0 amide bonds. The largest absolute Gasteiger partial charge is 0.397 e. The van der Waals surface area contributed by atoms with E-state index in [-0.39, 0.29) is 0 Å². The zero-order valence-corrected chi connectivity index (χ0v) is 8.66. The van der Waals surface area contributed by atoms with E-state index in [2.05, 4.69) is 11.4 Å². The second-order valence-electron chi connectivity index (χ2n) is 4.04. The Morgan fingerprint density at radius 2 is 2.07 bits per heavy atom. The number of nitrogen functional groups attached to an aromatic ring is 1. The zero-order chi connectivity index (χ0) is 10.7. The van der Waals surface area contributed by atoms with E-state index in [1.165, 1.54) is 25.7 Å². The average Bonchev–Trinajstić information content (AvgIpc) is 2.74. The molecule has 1 fully saturated rings. The van der Waals surface area contributed by atoms with Crippen molar-refractivity contribution in [3.63, 3.8) is 0 Å². The van der Waals surface area contributed by atoms with Gasteiger partial charge in [-0.2, -0.15) is 5.26 Å². The van der Waals surface area contributed by atoms with Gasteiger partial charge < -0.3 is 11.1 Å². The number of benzene rings is 1. The summed E-state index contributed by atoms with van der Waals surface area (Å²) < 4.78 is 0. The lowest BCUT2D eigenvalue weighted by molar-refractivity contribution is 0.756. The Hall–Kier alpha value is -1.69. The quantitative estimate of drug-likeness (QED) is 0.722. The van der Waals surface area contributed by atoms with Gasteiger partial charge in [0.05, 0.1) is 23.0 Å². The lowest BCUT2D eigenvalue weighted by atomic mass is 10.1. The van der Waals surface area contributed by atoms with E-state index in [1.54, 1.807) is 12.1 Å². The van der Waals surface area contributed by atoms with Gasteiger partial charge in [-0.15, -0.1) is 0 Å². The molecule has 3 heteroatoms. The Balaban J connectivity index is 2.11. The maximum atomic E-state index is 8.71. The highest BCUT2D eigenvalue weighted by Gasteiger charge is 2.15. The summed E-state index contributed by atoms with van der Waals surface area (Å²) >= 11 is 0. The highest BCUT2D eigenvalue weighted by molar-refractivity contribution is 5.68. The highest BCUT2D eigenvalue weighted by atomic mass is 14.9. The molecule has 0 spiro atoms. The predicted octanol–water partition coefficient (Wildman–Crippen LogP) is 2.49. The molecule has 0 bridgehead atoms. The molecule has 3 nitrogen and oxygen atoms in total. The first kappa shape index (κ1) is 9.85. The Morgan fingerprint density at radius 1 is 1.33 bits per heavy atom. The summed E-state index contributed by atoms with van der Waals surface area (Å²) in [6, 6.07) is 8.05. The van der Waals surface area contributed by atoms with Crippen molar-refractivity contribution in [2.75, 3.05) is 11.1 Å². The Kier molecular flexibility index (Phi) is 2.77. The molecular formula is C12H15N3. The molecule has 1 aliphatic carbocycles. The lowest BCUT2D eigenvalue weighted by Crippen LogP contribution is -2.15. The number of nitrogens with two attached hydrogens (primary N) is 1. The van der Waals surface area contributed by atoms with Gasteiger partial charge in [0.25, 0.3) is 0 Å². The molecule has 0 atom stereocenters. The first-order valence-electron chi connectivity index (χ1n) is 5.36. The summed E-state index contributed by atoms with van der Waals surface area (Å²) in [7, 11) is 0. The molecular weight excluding hydrogens is 186 g/mol. The SMILES string of the molecule is N#Cc1ccc(NC2CCCC2)c(N)c1. The van der Waals surface area contributed by atoms with Gasteiger partial charge in [0.2, 0.25) is 0 Å². The molecule has 0 aliphatic heterocycles. The summed E-state index contributed by atoms with van der Waals surface area (Å²) in [5.74, 6) is 0. The summed E-state index contributed by atoms with van der Waals surface area (Å²) in [5, 5.41) is 12.1. The van der Waals surface area contributed by atoms with Crippen molar-refractivity contribution < 1.29 is 0 Å². The van der Waals surface area contributed by atoms with Gasteiger partial charge in [-0.3, -0.25) is 0 Å². The molecule has 0 aromatic heterocycles. The molecule has 78 valence electrons. The van der Waals surface area contributed by atoms with Crippen molar-refractivity contribution in [1.82, 2.24) is 0 Å². The van der Waals surface area contributed by atoms with Crippen molar-refractivity contribution in [3.05, 3.63) is 23.8 Å². The van der Waals surface area contributed by atoms with Gasteiger partial charge in [0.1, 0.15) is 0 Å². The number of nitrogens with zero attached hydrogens (tertiary/aromatic N) is 1. The van der Waals surface area contributed by atoms with Crippen LogP contribution in [0.1, 0.15) is 31.2 Å². The van der Waals surface area contributed by atoms with Crippen molar-refractivity contribution in [2.45, 2.75) is 31.7 Å². The normalized spacial score (nSPS) is 16.2. The summed E-state index contributed by atoms with van der Waals surface area (Å²) in [4.78, 5) is 0. The van der Waals surface area contributed by atoms with Gasteiger partial charge in [0, 0.05) is 6.04 Å². The molecule has 0 saturated heterocycles. The van der Waals surface area contributed by atoms with Gasteiger partial charge in [-0.05, 0) is 31.0 Å². The second-order valence-corrected chi connectivity index (χ2v) is 4.04. The molecule has 1 aromatic carbocycles. The Labute approximate surface area is 89.9 Å². The van der Waals surface area contributed by atoms with Crippen molar-refractivity contribution in [2.24, 2.45) is 0 Å². The number of hydrogen-bond acceptors (Lipinski definition) is 3. The van der Waals surface area contributed by atoms with Crippen molar-refractivity contribution in [3.8, 4) is 6.07 Å². The molecule has 1 aliphatic rings. The fraction of sp³-hybridized carbons (Fsp3) is 0.417. The van der Waals surface area contributed by atoms with Crippen LogP contribution in [0.2, 0.25) is 0 Å². The van der Waals surface area contributed by atoms with Crippen LogP contribution in [-0.4, -0.2) is 6.04 Å². The number of anilines is 2. The van der Waals surface area contributed by atoms with Crippen LogP contribution in [0.15, 0.2) is 18.2 Å². The van der Waals surface area contributed by atoms with E-state index < -0.39 is 0 Å². The van der Waals surface area contributed by atoms with E-state index in [9.17, 15) is 0 Å². The predicted molar refractivity (Wildman–Crippen MR) is 61.4 cm³/mol. The molecule has 0 unspecified atom stereocenters. The van der Waals surface area contributed by atoms with Gasteiger partial charge >= 0.3 is 0 Å². The van der Waals surface area contributed by atoms with Gasteiger partial charge in [-0.1, -0.05) is 12.8 Å². The van der Waals surface area contributed by atoms with E-state index in [4.69, 9.17) is 11.0 Å². The standard InChI is InChI=1S/C12H15N3/c13-8-9-5-6-12(11(14)7-9)15-10-3-1-2-4-10/h5-7,10,15H,1-4,14H2. The molecule has 3 N–H and O–H groups in total. The fourth-order valence-electron chi connectivity index (χ4n) is 2.05. The number of nitriles is 1. The van der Waals surface area contributed by atoms with Gasteiger partial charge in [0.15, 0.2) is 0 Å². The topological polar surface area (TPSA) is 61.8 Å². The molecule has 0 radical (unpaired) electrons. The number of nitrogens with one attached hydrogen (secondary N) is 1. The van der Waals surface area contributed by atoms with E-state index in [1.807, 2.05) is 6.07 Å². The van der Waals surface area contributed by atoms with Gasteiger partial charge in [-0.25, -0.2) is 0 Å². The average molecular weight is 201 g/mol. The molecule has 1 aromatic rings. The highest BCUT2D eigenvalue weighted by Crippen LogP contribution is 2.26. The van der Waals surface area contributed by atoms with Crippen LogP contribution in [0.25, 0.3) is 0 Å².